The first kappa shape index (κ1) is 18.1. The van der Waals surface area contributed by atoms with E-state index in [1.54, 1.807) is 16.4 Å². The van der Waals surface area contributed by atoms with E-state index in [2.05, 4.69) is 17.0 Å². The number of benzene rings is 2. The molecule has 1 aliphatic rings. The van der Waals surface area contributed by atoms with Gasteiger partial charge in [0.25, 0.3) is 0 Å². The van der Waals surface area contributed by atoms with Gasteiger partial charge in [-0.1, -0.05) is 42.5 Å². The Bertz CT molecular complexity index is 814. The van der Waals surface area contributed by atoms with Crippen LogP contribution in [0.1, 0.15) is 16.7 Å². The molecular formula is C19H25N3O2S. The highest BCUT2D eigenvalue weighted by atomic mass is 32.2. The Labute approximate surface area is 150 Å². The lowest BCUT2D eigenvalue weighted by atomic mass is 10.1. The SMILES string of the molecule is Cc1c(CN)cccc1S(=O)(=O)N1CCN(Cc2ccccc2)CC1. The first-order chi connectivity index (χ1) is 12.0. The average molecular weight is 359 g/mol. The fourth-order valence-electron chi connectivity index (χ4n) is 3.27. The van der Waals surface area contributed by atoms with Crippen LogP contribution in [0.5, 0.6) is 0 Å². The Morgan fingerprint density at radius 2 is 1.64 bits per heavy atom. The molecule has 0 atom stereocenters. The van der Waals surface area contributed by atoms with Gasteiger partial charge in [-0.3, -0.25) is 4.90 Å². The smallest absolute Gasteiger partial charge is 0.243 e. The van der Waals surface area contributed by atoms with Gasteiger partial charge < -0.3 is 5.73 Å². The first-order valence-electron chi connectivity index (χ1n) is 8.57. The van der Waals surface area contributed by atoms with Gasteiger partial charge in [0.1, 0.15) is 0 Å². The van der Waals surface area contributed by atoms with Crippen LogP contribution in [0.3, 0.4) is 0 Å². The molecule has 1 fully saturated rings. The van der Waals surface area contributed by atoms with E-state index < -0.39 is 10.0 Å². The largest absolute Gasteiger partial charge is 0.326 e. The summed E-state index contributed by atoms with van der Waals surface area (Å²) in [6.45, 7) is 5.55. The molecule has 0 spiro atoms. The van der Waals surface area contributed by atoms with Crippen LogP contribution in [-0.2, 0) is 23.1 Å². The molecule has 2 N–H and O–H groups in total. The lowest BCUT2D eigenvalue weighted by molar-refractivity contribution is 0.181. The summed E-state index contributed by atoms with van der Waals surface area (Å²) in [5.74, 6) is 0. The van der Waals surface area contributed by atoms with Gasteiger partial charge in [0.2, 0.25) is 10.0 Å². The molecule has 0 aliphatic carbocycles. The van der Waals surface area contributed by atoms with E-state index >= 15 is 0 Å². The summed E-state index contributed by atoms with van der Waals surface area (Å²) in [5, 5.41) is 0. The van der Waals surface area contributed by atoms with Crippen molar-refractivity contribution in [3.05, 3.63) is 65.2 Å². The average Bonchev–Trinajstić information content (AvgIpc) is 2.63. The van der Waals surface area contributed by atoms with Gasteiger partial charge in [-0.15, -0.1) is 0 Å². The van der Waals surface area contributed by atoms with Crippen LogP contribution in [0.2, 0.25) is 0 Å². The van der Waals surface area contributed by atoms with Crippen molar-refractivity contribution in [2.24, 2.45) is 5.73 Å². The zero-order valence-electron chi connectivity index (χ0n) is 14.6. The molecule has 1 heterocycles. The maximum absolute atomic E-state index is 13.0. The van der Waals surface area contributed by atoms with Gasteiger partial charge in [-0.2, -0.15) is 4.31 Å². The van der Waals surface area contributed by atoms with E-state index in [9.17, 15) is 8.42 Å². The summed E-state index contributed by atoms with van der Waals surface area (Å²) < 4.78 is 27.6. The molecule has 5 nitrogen and oxygen atoms in total. The number of hydrogen-bond donors (Lipinski definition) is 1. The third-order valence-electron chi connectivity index (χ3n) is 4.81. The predicted molar refractivity (Wildman–Crippen MR) is 99.5 cm³/mol. The zero-order valence-corrected chi connectivity index (χ0v) is 15.4. The Morgan fingerprint density at radius 1 is 0.960 bits per heavy atom. The molecule has 3 rings (SSSR count). The van der Waals surface area contributed by atoms with Crippen molar-refractivity contribution >= 4 is 10.0 Å². The number of hydrogen-bond acceptors (Lipinski definition) is 4. The van der Waals surface area contributed by atoms with Crippen LogP contribution in [0.4, 0.5) is 0 Å². The summed E-state index contributed by atoms with van der Waals surface area (Å²) in [6, 6.07) is 15.6. The molecule has 0 amide bonds. The molecule has 2 aromatic carbocycles. The number of nitrogens with two attached hydrogens (primary N) is 1. The first-order valence-corrected chi connectivity index (χ1v) is 10.0. The van der Waals surface area contributed by atoms with E-state index in [0.29, 0.717) is 24.5 Å². The van der Waals surface area contributed by atoms with E-state index in [0.717, 1.165) is 30.8 Å². The number of piperazine rings is 1. The molecule has 1 aliphatic heterocycles. The maximum Gasteiger partial charge on any atom is 0.243 e. The van der Waals surface area contributed by atoms with Crippen molar-refractivity contribution in [2.75, 3.05) is 26.2 Å². The Hall–Kier alpha value is -1.73. The summed E-state index contributed by atoms with van der Waals surface area (Å²) in [4.78, 5) is 2.68. The second-order valence-corrected chi connectivity index (χ2v) is 8.32. The summed E-state index contributed by atoms with van der Waals surface area (Å²) >= 11 is 0. The molecule has 25 heavy (non-hydrogen) atoms. The van der Waals surface area contributed by atoms with Crippen LogP contribution in [0.15, 0.2) is 53.4 Å². The van der Waals surface area contributed by atoms with E-state index in [1.165, 1.54) is 5.56 Å². The third kappa shape index (κ3) is 3.93. The molecule has 6 heteroatoms. The van der Waals surface area contributed by atoms with Crippen LogP contribution in [0, 0.1) is 6.92 Å². The van der Waals surface area contributed by atoms with Gasteiger partial charge in [-0.25, -0.2) is 8.42 Å². The van der Waals surface area contributed by atoms with E-state index in [4.69, 9.17) is 5.73 Å². The lowest BCUT2D eigenvalue weighted by Crippen LogP contribution is -2.48. The maximum atomic E-state index is 13.0. The predicted octanol–water partition coefficient (Wildman–Crippen LogP) is 1.96. The Morgan fingerprint density at radius 3 is 2.28 bits per heavy atom. The minimum Gasteiger partial charge on any atom is -0.326 e. The highest BCUT2D eigenvalue weighted by Crippen LogP contribution is 2.23. The fraction of sp³-hybridized carbons (Fsp3) is 0.368. The number of sulfonamides is 1. The van der Waals surface area contributed by atoms with Crippen LogP contribution < -0.4 is 5.73 Å². The van der Waals surface area contributed by atoms with E-state index in [-0.39, 0.29) is 0 Å². The van der Waals surface area contributed by atoms with Crippen molar-refractivity contribution in [1.29, 1.82) is 0 Å². The molecule has 1 saturated heterocycles. The zero-order chi connectivity index (χ0) is 17.9. The van der Waals surface area contributed by atoms with Crippen molar-refractivity contribution in [3.8, 4) is 0 Å². The van der Waals surface area contributed by atoms with Crippen molar-refractivity contribution in [3.63, 3.8) is 0 Å². The molecule has 0 radical (unpaired) electrons. The Balaban J connectivity index is 1.70. The fourth-order valence-corrected chi connectivity index (χ4v) is 4.96. The topological polar surface area (TPSA) is 66.6 Å². The second kappa shape index (κ2) is 7.66. The highest BCUT2D eigenvalue weighted by molar-refractivity contribution is 7.89. The molecule has 2 aromatic rings. The van der Waals surface area contributed by atoms with Crippen molar-refractivity contribution in [1.82, 2.24) is 9.21 Å². The van der Waals surface area contributed by atoms with Crippen LogP contribution in [-0.4, -0.2) is 43.8 Å². The lowest BCUT2D eigenvalue weighted by Gasteiger charge is -2.34. The normalized spacial score (nSPS) is 16.9. The summed E-state index contributed by atoms with van der Waals surface area (Å²) in [7, 11) is -3.47. The van der Waals surface area contributed by atoms with Crippen molar-refractivity contribution in [2.45, 2.75) is 24.9 Å². The third-order valence-corrected chi connectivity index (χ3v) is 6.86. The minimum atomic E-state index is -3.47. The van der Waals surface area contributed by atoms with Gasteiger partial charge >= 0.3 is 0 Å². The van der Waals surface area contributed by atoms with Crippen LogP contribution in [0.25, 0.3) is 0 Å². The van der Waals surface area contributed by atoms with Crippen LogP contribution >= 0.6 is 0 Å². The van der Waals surface area contributed by atoms with Crippen molar-refractivity contribution < 1.29 is 8.42 Å². The highest BCUT2D eigenvalue weighted by Gasteiger charge is 2.29. The molecule has 134 valence electrons. The van der Waals surface area contributed by atoms with Gasteiger partial charge in [0.15, 0.2) is 0 Å². The van der Waals surface area contributed by atoms with Gasteiger partial charge in [-0.05, 0) is 29.7 Å². The molecule has 0 unspecified atom stereocenters. The second-order valence-electron chi connectivity index (χ2n) is 6.41. The Kier molecular flexibility index (Phi) is 5.54. The number of rotatable bonds is 5. The standard InChI is InChI=1S/C19H25N3O2S/c1-16-18(14-20)8-5-9-19(16)25(23,24)22-12-10-21(11-13-22)15-17-6-3-2-4-7-17/h2-9H,10-15,20H2,1H3. The summed E-state index contributed by atoms with van der Waals surface area (Å²) in [6.07, 6.45) is 0. The van der Waals surface area contributed by atoms with Gasteiger partial charge in [0, 0.05) is 39.3 Å². The van der Waals surface area contributed by atoms with E-state index in [1.807, 2.05) is 31.2 Å². The molecule has 0 aromatic heterocycles. The molecular weight excluding hydrogens is 334 g/mol. The quantitative estimate of drug-likeness (QED) is 0.886. The minimum absolute atomic E-state index is 0.347. The number of nitrogens with zero attached hydrogens (tertiary/aromatic N) is 2. The molecule has 0 bridgehead atoms. The van der Waals surface area contributed by atoms with Gasteiger partial charge in [0.05, 0.1) is 4.90 Å². The summed E-state index contributed by atoms with van der Waals surface area (Å²) in [5.41, 5.74) is 8.61. The monoisotopic (exact) mass is 359 g/mol. The molecule has 0 saturated carbocycles.